The Morgan fingerprint density at radius 3 is 2.56 bits per heavy atom. The van der Waals surface area contributed by atoms with Gasteiger partial charge in [-0.25, -0.2) is 4.79 Å². The van der Waals surface area contributed by atoms with Crippen molar-refractivity contribution in [2.24, 2.45) is 0 Å². The molecule has 0 N–H and O–H groups in total. The molecule has 1 aromatic carbocycles. The minimum Gasteiger partial charge on any atom is -0.478 e. The number of hydrogen-bond donors (Lipinski definition) is 0. The van der Waals surface area contributed by atoms with E-state index < -0.39 is 23.2 Å². The van der Waals surface area contributed by atoms with Crippen LogP contribution in [0.2, 0.25) is 10.0 Å². The third kappa shape index (κ3) is 4.78. The third-order valence-electron chi connectivity index (χ3n) is 3.46. The van der Waals surface area contributed by atoms with Crippen molar-refractivity contribution >= 4 is 58.2 Å². The highest BCUT2D eigenvalue weighted by Crippen LogP contribution is 2.38. The van der Waals surface area contributed by atoms with Gasteiger partial charge in [-0.3, -0.25) is 14.5 Å². The summed E-state index contributed by atoms with van der Waals surface area (Å²) in [5, 5.41) is -0.135. The van der Waals surface area contributed by atoms with Gasteiger partial charge in [0.15, 0.2) is 5.75 Å². The summed E-state index contributed by atoms with van der Waals surface area (Å²) in [6.07, 6.45) is 6.60. The fraction of sp³-hybridized carbons (Fsp3) is 0.278. The number of ether oxygens (including phenoxy) is 2. The highest BCUT2D eigenvalue weighted by Gasteiger charge is 2.41. The maximum Gasteiger partial charge on any atom is 0.329 e. The average molecular weight is 428 g/mol. The van der Waals surface area contributed by atoms with Crippen LogP contribution in [0.15, 0.2) is 17.0 Å². The van der Waals surface area contributed by atoms with Gasteiger partial charge in [0, 0.05) is 0 Å². The second kappa shape index (κ2) is 9.18. The highest BCUT2D eigenvalue weighted by atomic mass is 35.5. The molecule has 0 radical (unpaired) electrons. The summed E-state index contributed by atoms with van der Waals surface area (Å²) in [5.41, 5.74) is 0.493. The summed E-state index contributed by atoms with van der Waals surface area (Å²) in [7, 11) is 0. The molecule has 1 aliphatic rings. The normalized spacial score (nSPS) is 16.4. The second-order valence-corrected chi connectivity index (χ2v) is 7.09. The Morgan fingerprint density at radius 2 is 2.00 bits per heavy atom. The van der Waals surface area contributed by atoms with E-state index in [1.165, 1.54) is 25.1 Å². The van der Waals surface area contributed by atoms with Gasteiger partial charge in [0.05, 0.1) is 21.6 Å². The molecule has 1 fully saturated rings. The number of benzene rings is 1. The molecule has 0 bridgehead atoms. The number of carbonyl (C=O) groups is 3. The van der Waals surface area contributed by atoms with Gasteiger partial charge in [-0.1, -0.05) is 29.1 Å². The van der Waals surface area contributed by atoms with Crippen LogP contribution < -0.4 is 4.74 Å². The van der Waals surface area contributed by atoms with Crippen LogP contribution in [-0.2, 0) is 14.3 Å². The third-order valence-corrected chi connectivity index (χ3v) is 4.90. The molecule has 2 rings (SSSR count). The Labute approximate surface area is 170 Å². The van der Waals surface area contributed by atoms with Crippen LogP contribution in [-0.4, -0.2) is 41.3 Å². The van der Waals surface area contributed by atoms with Gasteiger partial charge in [0.1, 0.15) is 12.6 Å². The maximum absolute atomic E-state index is 12.5. The number of nitrogens with zero attached hydrogens (tertiary/aromatic N) is 1. The van der Waals surface area contributed by atoms with Crippen molar-refractivity contribution in [3.8, 4) is 18.1 Å². The number of rotatable bonds is 6. The lowest BCUT2D eigenvalue weighted by Gasteiger charge is -2.19. The molecular formula is C18H15Cl2NO5S. The van der Waals surface area contributed by atoms with Crippen molar-refractivity contribution in [2.45, 2.75) is 19.9 Å². The Kier molecular flexibility index (Phi) is 7.19. The van der Waals surface area contributed by atoms with Gasteiger partial charge in [-0.2, -0.15) is 0 Å². The highest BCUT2D eigenvalue weighted by molar-refractivity contribution is 8.18. The zero-order chi connectivity index (χ0) is 20.1. The van der Waals surface area contributed by atoms with Gasteiger partial charge in [-0.15, -0.1) is 6.42 Å². The summed E-state index contributed by atoms with van der Waals surface area (Å²) < 4.78 is 10.1. The van der Waals surface area contributed by atoms with E-state index in [0.717, 1.165) is 16.7 Å². The first-order chi connectivity index (χ1) is 12.8. The van der Waals surface area contributed by atoms with Crippen LogP contribution in [0.3, 0.4) is 0 Å². The molecule has 9 heteroatoms. The predicted octanol–water partition coefficient (Wildman–Crippen LogP) is 3.99. The number of halogens is 2. The number of hydrogen-bond acceptors (Lipinski definition) is 6. The number of imide groups is 1. The van der Waals surface area contributed by atoms with Crippen molar-refractivity contribution in [1.29, 1.82) is 0 Å². The molecule has 1 atom stereocenters. The van der Waals surface area contributed by atoms with E-state index in [4.69, 9.17) is 39.1 Å². The van der Waals surface area contributed by atoms with Crippen LogP contribution >= 0.6 is 35.0 Å². The molecule has 1 aromatic rings. The Morgan fingerprint density at radius 1 is 1.37 bits per heavy atom. The van der Waals surface area contributed by atoms with E-state index in [0.29, 0.717) is 5.56 Å². The number of carbonyl (C=O) groups excluding carboxylic acids is 3. The van der Waals surface area contributed by atoms with Crippen LogP contribution in [0, 0.1) is 12.3 Å². The van der Waals surface area contributed by atoms with E-state index in [1.54, 1.807) is 6.92 Å². The minimum atomic E-state index is -1.02. The molecular weight excluding hydrogens is 413 g/mol. The van der Waals surface area contributed by atoms with Gasteiger partial charge >= 0.3 is 5.97 Å². The maximum atomic E-state index is 12.5. The number of thioether (sulfide) groups is 1. The summed E-state index contributed by atoms with van der Waals surface area (Å²) in [6, 6.07) is 2.04. The Hall–Kier alpha value is -2.14. The van der Waals surface area contributed by atoms with Crippen LogP contribution in [0.1, 0.15) is 19.4 Å². The smallest absolute Gasteiger partial charge is 0.329 e. The van der Waals surface area contributed by atoms with E-state index >= 15 is 0 Å². The van der Waals surface area contributed by atoms with Gasteiger partial charge in [-0.05, 0) is 49.4 Å². The van der Waals surface area contributed by atoms with Gasteiger partial charge in [0.25, 0.3) is 11.1 Å². The fourth-order valence-corrected chi connectivity index (χ4v) is 3.77. The first-order valence-corrected chi connectivity index (χ1v) is 9.36. The van der Waals surface area contributed by atoms with E-state index in [1.807, 2.05) is 0 Å². The standard InChI is InChI=1S/C18H15Cl2NO5S/c1-4-6-26-15-12(19)7-11(8-13(15)20)9-14-16(22)21(18(24)27-14)10(3)17(23)25-5-2/h1,7-10H,5-6H2,2-3H3/b14-9-/t10-/m0/s1. The molecule has 1 aliphatic heterocycles. The summed E-state index contributed by atoms with van der Waals surface area (Å²) in [4.78, 5) is 37.6. The van der Waals surface area contributed by atoms with Crippen molar-refractivity contribution in [3.05, 3.63) is 32.6 Å². The number of amides is 2. The second-order valence-electron chi connectivity index (χ2n) is 5.29. The van der Waals surface area contributed by atoms with Crippen LogP contribution in [0.25, 0.3) is 6.08 Å². The van der Waals surface area contributed by atoms with Crippen LogP contribution in [0.5, 0.6) is 5.75 Å². The Balaban J connectivity index is 2.28. The van der Waals surface area contributed by atoms with Crippen molar-refractivity contribution in [1.82, 2.24) is 4.90 Å². The van der Waals surface area contributed by atoms with E-state index in [-0.39, 0.29) is 33.9 Å². The van der Waals surface area contributed by atoms with Crippen molar-refractivity contribution in [2.75, 3.05) is 13.2 Å². The molecule has 0 aromatic heterocycles. The monoisotopic (exact) mass is 427 g/mol. The lowest BCUT2D eigenvalue weighted by Crippen LogP contribution is -2.42. The molecule has 0 spiro atoms. The quantitative estimate of drug-likeness (QED) is 0.388. The summed E-state index contributed by atoms with van der Waals surface area (Å²) in [6.45, 7) is 3.23. The molecule has 6 nitrogen and oxygen atoms in total. The van der Waals surface area contributed by atoms with Gasteiger partial charge in [0.2, 0.25) is 0 Å². The largest absolute Gasteiger partial charge is 0.478 e. The zero-order valence-electron chi connectivity index (χ0n) is 14.5. The van der Waals surface area contributed by atoms with Crippen molar-refractivity contribution in [3.63, 3.8) is 0 Å². The molecule has 2 amide bonds. The zero-order valence-corrected chi connectivity index (χ0v) is 16.8. The molecule has 1 saturated heterocycles. The average Bonchev–Trinajstić information content (AvgIpc) is 2.87. The lowest BCUT2D eigenvalue weighted by atomic mass is 10.2. The number of terminal acetylenes is 1. The minimum absolute atomic E-state index is 0.00340. The van der Waals surface area contributed by atoms with E-state index in [2.05, 4.69) is 5.92 Å². The molecule has 0 saturated carbocycles. The molecule has 142 valence electrons. The molecule has 0 unspecified atom stereocenters. The fourth-order valence-electron chi connectivity index (χ4n) is 2.25. The molecule has 0 aliphatic carbocycles. The molecule has 1 heterocycles. The first-order valence-electron chi connectivity index (χ1n) is 7.79. The first kappa shape index (κ1) is 21.2. The Bertz CT molecular complexity index is 839. The topological polar surface area (TPSA) is 72.9 Å². The van der Waals surface area contributed by atoms with Crippen molar-refractivity contribution < 1.29 is 23.9 Å². The van der Waals surface area contributed by atoms with Crippen LogP contribution in [0.4, 0.5) is 4.79 Å². The summed E-state index contributed by atoms with van der Waals surface area (Å²) in [5.74, 6) is 1.30. The van der Waals surface area contributed by atoms with Gasteiger partial charge < -0.3 is 9.47 Å². The summed E-state index contributed by atoms with van der Waals surface area (Å²) >= 11 is 13.0. The SMILES string of the molecule is C#CCOc1c(Cl)cc(/C=C2\SC(=O)N([C@@H](C)C(=O)OCC)C2=O)cc1Cl. The van der Waals surface area contributed by atoms with E-state index in [9.17, 15) is 14.4 Å². The lowest BCUT2D eigenvalue weighted by molar-refractivity contribution is -0.150. The molecule has 27 heavy (non-hydrogen) atoms. The predicted molar refractivity (Wildman–Crippen MR) is 105 cm³/mol. The number of esters is 1.